The first-order chi connectivity index (χ1) is 20.6. The highest BCUT2D eigenvalue weighted by atomic mass is 35.5. The number of halogens is 7. The molecule has 0 aliphatic rings. The Kier molecular flexibility index (Phi) is 9.94. The van der Waals surface area contributed by atoms with E-state index in [0.717, 1.165) is 25.1 Å². The van der Waals surface area contributed by atoms with E-state index in [1.54, 1.807) is 0 Å². The molecule has 10 nitrogen and oxygen atoms in total. The Hall–Kier alpha value is -4.18. The van der Waals surface area contributed by atoms with Gasteiger partial charge in [0.05, 0.1) is 17.5 Å². The predicted molar refractivity (Wildman–Crippen MR) is 149 cm³/mol. The van der Waals surface area contributed by atoms with Crippen molar-refractivity contribution < 1.29 is 45.8 Å². The quantitative estimate of drug-likeness (QED) is 0.267. The predicted octanol–water partition coefficient (Wildman–Crippen LogP) is 3.60. The van der Waals surface area contributed by atoms with Gasteiger partial charge in [-0.1, -0.05) is 29.8 Å². The SMILES string of the molecule is CC(C)(NC(=O)[C@](C)(CC(=O)Cn1nc(-c2ccc(Cl)cc2)n(C[C@H](O)C(F)(F)F)c1=O)c1cccc(C(F)(F)F)c1)C(N)=O. The Bertz CT molecular complexity index is 1650. The summed E-state index contributed by atoms with van der Waals surface area (Å²) in [6.07, 6.45) is -13.7. The summed E-state index contributed by atoms with van der Waals surface area (Å²) in [4.78, 5) is 51.9. The highest BCUT2D eigenvalue weighted by Crippen LogP contribution is 2.35. The molecular weight excluding hydrogens is 636 g/mol. The third kappa shape index (κ3) is 8.11. The fraction of sp³-hybridized carbons (Fsp3) is 0.393. The number of carbonyl (C=O) groups is 3. The molecule has 0 bridgehead atoms. The number of benzene rings is 2. The van der Waals surface area contributed by atoms with Gasteiger partial charge in [-0.25, -0.2) is 9.48 Å². The zero-order valence-corrected chi connectivity index (χ0v) is 24.7. The van der Waals surface area contributed by atoms with Crippen molar-refractivity contribution >= 4 is 29.2 Å². The van der Waals surface area contributed by atoms with Gasteiger partial charge in [0.1, 0.15) is 12.1 Å². The third-order valence-corrected chi connectivity index (χ3v) is 7.26. The Morgan fingerprint density at radius 3 is 2.11 bits per heavy atom. The van der Waals surface area contributed by atoms with E-state index in [2.05, 4.69) is 10.4 Å². The first-order valence-electron chi connectivity index (χ1n) is 13.1. The molecular formula is C28H28ClF6N5O5. The van der Waals surface area contributed by atoms with Crippen molar-refractivity contribution in [1.29, 1.82) is 0 Å². The van der Waals surface area contributed by atoms with Gasteiger partial charge in [0.2, 0.25) is 11.8 Å². The van der Waals surface area contributed by atoms with E-state index in [1.165, 1.54) is 38.1 Å². The molecule has 3 aromatic rings. The van der Waals surface area contributed by atoms with Gasteiger partial charge < -0.3 is 16.2 Å². The van der Waals surface area contributed by atoms with Crippen LogP contribution in [0.15, 0.2) is 53.3 Å². The molecule has 0 fully saturated rings. The van der Waals surface area contributed by atoms with E-state index in [0.29, 0.717) is 15.3 Å². The van der Waals surface area contributed by atoms with Crippen LogP contribution in [0.25, 0.3) is 11.4 Å². The van der Waals surface area contributed by atoms with Gasteiger partial charge in [0, 0.05) is 17.0 Å². The zero-order valence-electron chi connectivity index (χ0n) is 24.0. The second-order valence-corrected chi connectivity index (χ2v) is 11.4. The van der Waals surface area contributed by atoms with Crippen LogP contribution in [0, 0.1) is 0 Å². The molecule has 17 heteroatoms. The minimum Gasteiger partial charge on any atom is -0.382 e. The lowest BCUT2D eigenvalue weighted by Crippen LogP contribution is -2.58. The Balaban J connectivity index is 2.06. The smallest absolute Gasteiger partial charge is 0.382 e. The summed E-state index contributed by atoms with van der Waals surface area (Å²) < 4.78 is 81.1. The molecule has 1 heterocycles. The lowest BCUT2D eigenvalue weighted by Gasteiger charge is -2.33. The standard InChI is InChI=1S/C28H28ClF6N5O5/c1-25(2,22(36)43)37-23(44)26(3,16-5-4-6-17(11-16)27(30,31)32)12-19(41)13-40-24(45)39(14-20(42)28(33,34)35)21(38-40)15-7-9-18(29)10-8-15/h4-11,20,42H,12-14H2,1-3H3,(H2,36,43)(H,37,44)/t20-,26+/m0/s1. The van der Waals surface area contributed by atoms with Crippen molar-refractivity contribution in [2.45, 2.75) is 69.7 Å². The molecule has 1 aromatic heterocycles. The number of primary amides is 1. The van der Waals surface area contributed by atoms with Crippen LogP contribution in [0.5, 0.6) is 0 Å². The molecule has 0 aliphatic carbocycles. The molecule has 0 radical (unpaired) electrons. The number of aliphatic hydroxyl groups excluding tert-OH is 1. The maximum Gasteiger partial charge on any atom is 0.416 e. The number of hydrogen-bond acceptors (Lipinski definition) is 6. The van der Waals surface area contributed by atoms with E-state index in [-0.39, 0.29) is 22.0 Å². The maximum absolute atomic E-state index is 13.5. The van der Waals surface area contributed by atoms with Crippen molar-refractivity contribution in [3.8, 4) is 11.4 Å². The average Bonchev–Trinajstić information content (AvgIpc) is 3.22. The number of hydrogen-bond donors (Lipinski definition) is 3. The third-order valence-electron chi connectivity index (χ3n) is 7.01. The van der Waals surface area contributed by atoms with E-state index in [9.17, 15) is 50.6 Å². The number of alkyl halides is 6. The van der Waals surface area contributed by atoms with Gasteiger partial charge in [-0.3, -0.25) is 19.0 Å². The van der Waals surface area contributed by atoms with Gasteiger partial charge in [0.25, 0.3) is 0 Å². The molecule has 0 unspecified atom stereocenters. The number of Topliss-reactive ketones (excluding diaryl/α,β-unsaturated/α-hetero) is 1. The second-order valence-electron chi connectivity index (χ2n) is 11.0. The highest BCUT2D eigenvalue weighted by molar-refractivity contribution is 6.30. The molecule has 244 valence electrons. The molecule has 2 aromatic carbocycles. The largest absolute Gasteiger partial charge is 0.416 e. The van der Waals surface area contributed by atoms with Crippen LogP contribution in [-0.4, -0.2) is 54.9 Å². The summed E-state index contributed by atoms with van der Waals surface area (Å²) in [7, 11) is 0. The summed E-state index contributed by atoms with van der Waals surface area (Å²) in [5.41, 5.74) is -0.949. The summed E-state index contributed by atoms with van der Waals surface area (Å²) in [6, 6.07) is 8.98. The Labute approximate surface area is 256 Å². The van der Waals surface area contributed by atoms with E-state index >= 15 is 0 Å². The van der Waals surface area contributed by atoms with E-state index in [1.807, 2.05) is 0 Å². The number of ketones is 1. The van der Waals surface area contributed by atoms with Gasteiger partial charge in [-0.05, 0) is 56.7 Å². The van der Waals surface area contributed by atoms with Crippen LogP contribution in [0.2, 0.25) is 5.02 Å². The average molecular weight is 664 g/mol. The van der Waals surface area contributed by atoms with E-state index in [4.69, 9.17) is 17.3 Å². The van der Waals surface area contributed by atoms with Crippen LogP contribution in [0.1, 0.15) is 38.3 Å². The fourth-order valence-electron chi connectivity index (χ4n) is 4.25. The number of nitrogens with two attached hydrogens (primary N) is 1. The molecule has 2 atom stereocenters. The minimum atomic E-state index is -5.10. The fourth-order valence-corrected chi connectivity index (χ4v) is 4.38. The maximum atomic E-state index is 13.5. The van der Waals surface area contributed by atoms with Crippen molar-refractivity contribution in [2.24, 2.45) is 5.73 Å². The van der Waals surface area contributed by atoms with Crippen LogP contribution in [0.3, 0.4) is 0 Å². The number of nitrogens with one attached hydrogen (secondary N) is 1. The molecule has 3 rings (SSSR count). The zero-order chi connectivity index (χ0) is 34.1. The minimum absolute atomic E-state index is 0.110. The lowest BCUT2D eigenvalue weighted by molar-refractivity contribution is -0.207. The lowest BCUT2D eigenvalue weighted by atomic mass is 9.76. The first kappa shape index (κ1) is 35.3. The number of rotatable bonds is 11. The normalized spacial score (nSPS) is 14.5. The second kappa shape index (κ2) is 12.7. The van der Waals surface area contributed by atoms with Crippen LogP contribution < -0.4 is 16.7 Å². The summed E-state index contributed by atoms with van der Waals surface area (Å²) in [5, 5.41) is 16.2. The van der Waals surface area contributed by atoms with Crippen molar-refractivity contribution in [3.63, 3.8) is 0 Å². The van der Waals surface area contributed by atoms with Gasteiger partial charge in [-0.2, -0.15) is 26.3 Å². The summed E-state index contributed by atoms with van der Waals surface area (Å²) >= 11 is 5.87. The van der Waals surface area contributed by atoms with Crippen LogP contribution >= 0.6 is 11.6 Å². The highest BCUT2D eigenvalue weighted by Gasteiger charge is 2.43. The Morgan fingerprint density at radius 2 is 1.58 bits per heavy atom. The van der Waals surface area contributed by atoms with Crippen molar-refractivity contribution in [3.05, 3.63) is 75.2 Å². The monoisotopic (exact) mass is 663 g/mol. The molecule has 4 N–H and O–H groups in total. The molecule has 2 amide bonds. The number of aromatic nitrogens is 3. The molecule has 0 saturated carbocycles. The van der Waals surface area contributed by atoms with Gasteiger partial charge in [0.15, 0.2) is 17.7 Å². The number of aliphatic hydroxyl groups is 1. The topological polar surface area (TPSA) is 149 Å². The van der Waals surface area contributed by atoms with Crippen molar-refractivity contribution in [1.82, 2.24) is 19.7 Å². The first-order valence-corrected chi connectivity index (χ1v) is 13.4. The van der Waals surface area contributed by atoms with Crippen LogP contribution in [-0.2, 0) is 39.1 Å². The van der Waals surface area contributed by atoms with E-state index < -0.39 is 77.8 Å². The summed E-state index contributed by atoms with van der Waals surface area (Å²) in [5.74, 6) is -3.32. The number of carbonyl (C=O) groups excluding carboxylic acids is 3. The van der Waals surface area contributed by atoms with Crippen LogP contribution in [0.4, 0.5) is 26.3 Å². The number of amides is 2. The van der Waals surface area contributed by atoms with Crippen molar-refractivity contribution in [2.75, 3.05) is 0 Å². The van der Waals surface area contributed by atoms with Gasteiger partial charge >= 0.3 is 18.0 Å². The Morgan fingerprint density at radius 1 is 1.00 bits per heavy atom. The molecule has 0 spiro atoms. The molecule has 0 saturated heterocycles. The van der Waals surface area contributed by atoms with Gasteiger partial charge in [-0.15, -0.1) is 5.10 Å². The summed E-state index contributed by atoms with van der Waals surface area (Å²) in [6.45, 7) is 1.42. The molecule has 0 aliphatic heterocycles. The number of nitrogens with zero attached hydrogens (tertiary/aromatic N) is 3. The molecule has 45 heavy (non-hydrogen) atoms.